The van der Waals surface area contributed by atoms with Gasteiger partial charge in [0.05, 0.1) is 25.1 Å². The number of amides is 1. The molecule has 0 spiro atoms. The summed E-state index contributed by atoms with van der Waals surface area (Å²) in [5.41, 5.74) is 4.47. The van der Waals surface area contributed by atoms with E-state index in [2.05, 4.69) is 25.2 Å². The summed E-state index contributed by atoms with van der Waals surface area (Å²) in [6.45, 7) is 11.8. The highest BCUT2D eigenvalue weighted by atomic mass is 32.2. The maximum Gasteiger partial charge on any atom is 0.241 e. The standard InChI is InChI=1S/C25H36N2O4S/c1-16(2)20-11-9-10-12-23(20)27(32(8,29)30)15-25(28)26-19(6)22-14-21(17(3)4)24(31-7)13-18(22)5/h9-14,16-17,19H,15H2,1-8H3,(H,26,28). The highest BCUT2D eigenvalue weighted by Crippen LogP contribution is 2.32. The normalized spacial score (nSPS) is 12.7. The summed E-state index contributed by atoms with van der Waals surface area (Å²) in [5, 5.41) is 2.98. The van der Waals surface area contributed by atoms with Crippen LogP contribution in [0.5, 0.6) is 5.75 Å². The zero-order chi connectivity index (χ0) is 24.2. The molecule has 0 saturated heterocycles. The number of hydrogen-bond acceptors (Lipinski definition) is 4. The van der Waals surface area contributed by atoms with Crippen LogP contribution < -0.4 is 14.4 Å². The molecule has 7 heteroatoms. The topological polar surface area (TPSA) is 75.7 Å². The third kappa shape index (κ3) is 6.03. The number of methoxy groups -OCH3 is 1. The molecule has 0 fully saturated rings. The SMILES string of the molecule is COc1cc(C)c(C(C)NC(=O)CN(c2ccccc2C(C)C)S(C)(=O)=O)cc1C(C)C. The molecule has 1 unspecified atom stereocenters. The van der Waals surface area contributed by atoms with Gasteiger partial charge in [-0.2, -0.15) is 0 Å². The number of sulfonamides is 1. The molecular formula is C25H36N2O4S. The Balaban J connectivity index is 2.31. The van der Waals surface area contributed by atoms with Gasteiger partial charge in [-0.05, 0) is 66.1 Å². The summed E-state index contributed by atoms with van der Waals surface area (Å²) in [6.07, 6.45) is 1.13. The minimum absolute atomic E-state index is 0.119. The predicted molar refractivity (Wildman–Crippen MR) is 131 cm³/mol. The summed E-state index contributed by atoms with van der Waals surface area (Å²) in [6, 6.07) is 11.1. The predicted octanol–water partition coefficient (Wildman–Crippen LogP) is 4.89. The Labute approximate surface area is 193 Å². The molecule has 1 amide bonds. The molecule has 0 radical (unpaired) electrons. The van der Waals surface area contributed by atoms with E-state index in [9.17, 15) is 13.2 Å². The number of nitrogens with zero attached hydrogens (tertiary/aromatic N) is 1. The molecule has 176 valence electrons. The Morgan fingerprint density at radius 2 is 1.59 bits per heavy atom. The van der Waals surface area contributed by atoms with Crippen LogP contribution >= 0.6 is 0 Å². The van der Waals surface area contributed by atoms with Gasteiger partial charge in [-0.1, -0.05) is 45.9 Å². The lowest BCUT2D eigenvalue weighted by Gasteiger charge is -2.27. The highest BCUT2D eigenvalue weighted by molar-refractivity contribution is 7.92. The first-order chi connectivity index (χ1) is 14.9. The van der Waals surface area contributed by atoms with Crippen molar-refractivity contribution in [2.75, 3.05) is 24.2 Å². The molecule has 0 aliphatic rings. The number of aryl methyl sites for hydroxylation is 1. The number of ether oxygens (including phenoxy) is 1. The van der Waals surface area contributed by atoms with Crippen LogP contribution in [0, 0.1) is 6.92 Å². The molecule has 2 aromatic carbocycles. The van der Waals surface area contributed by atoms with Crippen molar-refractivity contribution in [1.82, 2.24) is 5.32 Å². The third-order valence-corrected chi connectivity index (χ3v) is 6.73. The van der Waals surface area contributed by atoms with Crippen LogP contribution in [0.15, 0.2) is 36.4 Å². The molecule has 1 N–H and O–H groups in total. The van der Waals surface area contributed by atoms with E-state index in [-0.39, 0.29) is 30.3 Å². The number of nitrogens with one attached hydrogen (secondary N) is 1. The second kappa shape index (κ2) is 10.4. The first-order valence-electron chi connectivity index (χ1n) is 10.9. The lowest BCUT2D eigenvalue weighted by Crippen LogP contribution is -2.41. The number of benzene rings is 2. The van der Waals surface area contributed by atoms with Crippen molar-refractivity contribution >= 4 is 21.6 Å². The van der Waals surface area contributed by atoms with Crippen LogP contribution in [-0.4, -0.2) is 34.2 Å². The molecule has 0 saturated carbocycles. The van der Waals surface area contributed by atoms with E-state index >= 15 is 0 Å². The minimum atomic E-state index is -3.65. The smallest absolute Gasteiger partial charge is 0.241 e. The molecule has 0 aliphatic carbocycles. The van der Waals surface area contributed by atoms with Crippen molar-refractivity contribution < 1.29 is 17.9 Å². The maximum absolute atomic E-state index is 12.9. The first-order valence-corrected chi connectivity index (χ1v) is 12.8. The van der Waals surface area contributed by atoms with Gasteiger partial charge < -0.3 is 10.1 Å². The van der Waals surface area contributed by atoms with Gasteiger partial charge in [0.25, 0.3) is 0 Å². The van der Waals surface area contributed by atoms with Crippen LogP contribution in [0.1, 0.15) is 74.8 Å². The fourth-order valence-corrected chi connectivity index (χ4v) is 4.76. The van der Waals surface area contributed by atoms with Crippen molar-refractivity contribution in [3.8, 4) is 5.75 Å². The molecular weight excluding hydrogens is 424 g/mol. The third-order valence-electron chi connectivity index (χ3n) is 5.60. The van der Waals surface area contributed by atoms with E-state index in [1.54, 1.807) is 19.2 Å². The van der Waals surface area contributed by atoms with Crippen LogP contribution in [-0.2, 0) is 14.8 Å². The monoisotopic (exact) mass is 460 g/mol. The zero-order valence-electron chi connectivity index (χ0n) is 20.4. The van der Waals surface area contributed by atoms with Gasteiger partial charge >= 0.3 is 0 Å². The summed E-state index contributed by atoms with van der Waals surface area (Å²) >= 11 is 0. The Morgan fingerprint density at radius 1 is 1.00 bits per heavy atom. The lowest BCUT2D eigenvalue weighted by atomic mass is 9.93. The molecule has 0 heterocycles. The number of carbonyl (C=O) groups excluding carboxylic acids is 1. The molecule has 0 bridgehead atoms. The van der Waals surface area contributed by atoms with Gasteiger partial charge in [-0.3, -0.25) is 9.10 Å². The van der Waals surface area contributed by atoms with E-state index in [1.807, 2.05) is 45.9 Å². The van der Waals surface area contributed by atoms with E-state index in [1.165, 1.54) is 4.31 Å². The van der Waals surface area contributed by atoms with Crippen LogP contribution in [0.2, 0.25) is 0 Å². The van der Waals surface area contributed by atoms with Crippen LogP contribution in [0.3, 0.4) is 0 Å². The van der Waals surface area contributed by atoms with Gasteiger partial charge in [-0.25, -0.2) is 8.42 Å². The second-order valence-electron chi connectivity index (χ2n) is 8.88. The quantitative estimate of drug-likeness (QED) is 0.578. The van der Waals surface area contributed by atoms with Gasteiger partial charge in [0.15, 0.2) is 0 Å². The van der Waals surface area contributed by atoms with Crippen molar-refractivity contribution in [2.45, 2.75) is 59.4 Å². The minimum Gasteiger partial charge on any atom is -0.496 e. The van der Waals surface area contributed by atoms with Crippen LogP contribution in [0.4, 0.5) is 5.69 Å². The summed E-state index contributed by atoms with van der Waals surface area (Å²) in [4.78, 5) is 12.9. The summed E-state index contributed by atoms with van der Waals surface area (Å²) < 4.78 is 31.8. The van der Waals surface area contributed by atoms with Gasteiger partial charge in [0.2, 0.25) is 15.9 Å². The summed E-state index contributed by atoms with van der Waals surface area (Å²) in [7, 11) is -2.00. The van der Waals surface area contributed by atoms with Crippen molar-refractivity contribution in [1.29, 1.82) is 0 Å². The van der Waals surface area contributed by atoms with Gasteiger partial charge in [-0.15, -0.1) is 0 Å². The fraction of sp³-hybridized carbons (Fsp3) is 0.480. The average Bonchev–Trinajstić information content (AvgIpc) is 2.70. The lowest BCUT2D eigenvalue weighted by molar-refractivity contribution is -0.120. The number of carbonyl (C=O) groups is 1. The molecule has 0 aromatic heterocycles. The maximum atomic E-state index is 12.9. The van der Waals surface area contributed by atoms with Gasteiger partial charge in [0, 0.05) is 0 Å². The molecule has 1 atom stereocenters. The highest BCUT2D eigenvalue weighted by Gasteiger charge is 2.25. The molecule has 6 nitrogen and oxygen atoms in total. The zero-order valence-corrected chi connectivity index (χ0v) is 21.2. The molecule has 2 aromatic rings. The van der Waals surface area contributed by atoms with Crippen molar-refractivity contribution in [3.05, 3.63) is 58.7 Å². The fourth-order valence-electron chi connectivity index (χ4n) is 3.89. The summed E-state index contributed by atoms with van der Waals surface area (Å²) in [5.74, 6) is 0.852. The molecule has 2 rings (SSSR count). The van der Waals surface area contributed by atoms with Crippen molar-refractivity contribution in [2.24, 2.45) is 0 Å². The largest absolute Gasteiger partial charge is 0.496 e. The molecule has 32 heavy (non-hydrogen) atoms. The first kappa shape index (κ1) is 25.7. The molecule has 0 aliphatic heterocycles. The van der Waals surface area contributed by atoms with E-state index in [0.717, 1.165) is 34.3 Å². The number of rotatable bonds is 9. The Kier molecular flexibility index (Phi) is 8.35. The number of hydrogen-bond donors (Lipinski definition) is 1. The van der Waals surface area contributed by atoms with E-state index in [4.69, 9.17) is 4.74 Å². The number of para-hydroxylation sites is 1. The Morgan fingerprint density at radius 3 is 2.12 bits per heavy atom. The van der Waals surface area contributed by atoms with E-state index < -0.39 is 10.0 Å². The average molecular weight is 461 g/mol. The Bertz CT molecular complexity index is 1060. The van der Waals surface area contributed by atoms with Gasteiger partial charge in [0.1, 0.15) is 12.3 Å². The van der Waals surface area contributed by atoms with Crippen molar-refractivity contribution in [3.63, 3.8) is 0 Å². The number of anilines is 1. The van der Waals surface area contributed by atoms with Crippen LogP contribution in [0.25, 0.3) is 0 Å². The second-order valence-corrected chi connectivity index (χ2v) is 10.8. The van der Waals surface area contributed by atoms with E-state index in [0.29, 0.717) is 5.69 Å². The Hall–Kier alpha value is -2.54.